The van der Waals surface area contributed by atoms with E-state index in [0.717, 1.165) is 10.5 Å². The Morgan fingerprint density at radius 2 is 1.73 bits per heavy atom. The summed E-state index contributed by atoms with van der Waals surface area (Å²) in [6.07, 6.45) is 1.60. The number of hydrogen-bond acceptors (Lipinski definition) is 6. The number of halogens is 1. The van der Waals surface area contributed by atoms with Crippen LogP contribution in [0.1, 0.15) is 15.9 Å². The predicted octanol–water partition coefficient (Wildman–Crippen LogP) is 4.14. The summed E-state index contributed by atoms with van der Waals surface area (Å²) in [6.45, 7) is 1.91. The number of hydrogen-bond donors (Lipinski definition) is 2. The third kappa shape index (κ3) is 3.83. The average Bonchev–Trinajstić information content (AvgIpc) is 3.32. The largest absolute Gasteiger partial charge is 0.350 e. The number of aromatic nitrogens is 1. The summed E-state index contributed by atoms with van der Waals surface area (Å²) >= 11 is 7.47. The topological polar surface area (TPSA) is 91.4 Å². The molecule has 0 spiro atoms. The summed E-state index contributed by atoms with van der Waals surface area (Å²) in [5.41, 5.74) is 2.38. The van der Waals surface area contributed by atoms with Crippen molar-refractivity contribution >= 4 is 57.2 Å². The van der Waals surface area contributed by atoms with E-state index in [2.05, 4.69) is 15.6 Å². The van der Waals surface area contributed by atoms with Crippen LogP contribution in [0, 0.1) is 6.92 Å². The quantitative estimate of drug-likeness (QED) is 0.584. The predicted molar refractivity (Wildman–Crippen MR) is 117 cm³/mol. The second kappa shape index (κ2) is 8.10. The molecule has 9 heteroatoms. The highest BCUT2D eigenvalue weighted by molar-refractivity contribution is 7.13. The molecular weight excluding hydrogens is 424 g/mol. The Balaban J connectivity index is 1.49. The van der Waals surface area contributed by atoms with Gasteiger partial charge in [0.05, 0.1) is 5.69 Å². The fraction of sp³-hybridized carbons (Fsp3) is 0.0476. The first kappa shape index (κ1) is 19.8. The fourth-order valence-electron chi connectivity index (χ4n) is 2.84. The standard InChI is InChI=1S/C21H15ClN4O3S/c1-12-2-8-15(9-3-12)26-19(28)16(22)17(20(26)29)24-14-6-4-13(5-7-14)18(27)25-21-23-10-11-30-21/h2-11,24H,1H3,(H,23,25,27). The molecule has 3 amide bonds. The number of anilines is 3. The van der Waals surface area contributed by atoms with E-state index in [1.807, 2.05) is 19.1 Å². The number of aryl methyl sites for hydroxylation is 1. The molecule has 0 bridgehead atoms. The Hall–Kier alpha value is -3.49. The minimum atomic E-state index is -0.590. The molecule has 1 aliphatic heterocycles. The minimum Gasteiger partial charge on any atom is -0.350 e. The van der Waals surface area contributed by atoms with E-state index in [1.54, 1.807) is 48.0 Å². The smallest absolute Gasteiger partial charge is 0.283 e. The van der Waals surface area contributed by atoms with Crippen LogP contribution in [0.15, 0.2) is 70.8 Å². The van der Waals surface area contributed by atoms with Gasteiger partial charge in [-0.3, -0.25) is 19.7 Å². The molecule has 4 rings (SSSR count). The highest BCUT2D eigenvalue weighted by Gasteiger charge is 2.38. The molecule has 2 N–H and O–H groups in total. The molecule has 0 saturated carbocycles. The molecule has 3 aromatic rings. The summed E-state index contributed by atoms with van der Waals surface area (Å²) in [6, 6.07) is 13.4. The molecule has 30 heavy (non-hydrogen) atoms. The lowest BCUT2D eigenvalue weighted by Crippen LogP contribution is -2.32. The van der Waals surface area contributed by atoms with Crippen LogP contribution in [0.25, 0.3) is 0 Å². The molecule has 2 heterocycles. The van der Waals surface area contributed by atoms with Crippen LogP contribution in [-0.2, 0) is 9.59 Å². The first-order valence-corrected chi connectivity index (χ1v) is 10.1. The summed E-state index contributed by atoms with van der Waals surface area (Å²) in [7, 11) is 0. The zero-order chi connectivity index (χ0) is 21.3. The average molecular weight is 439 g/mol. The van der Waals surface area contributed by atoms with E-state index < -0.39 is 11.8 Å². The van der Waals surface area contributed by atoms with E-state index in [4.69, 9.17) is 11.6 Å². The zero-order valence-corrected chi connectivity index (χ0v) is 17.3. The van der Waals surface area contributed by atoms with Crippen LogP contribution in [0.2, 0.25) is 0 Å². The minimum absolute atomic E-state index is 0.0118. The van der Waals surface area contributed by atoms with Crippen LogP contribution >= 0.6 is 22.9 Å². The van der Waals surface area contributed by atoms with Crippen LogP contribution < -0.4 is 15.5 Å². The van der Waals surface area contributed by atoms with Crippen LogP contribution in [0.5, 0.6) is 0 Å². The van der Waals surface area contributed by atoms with Gasteiger partial charge >= 0.3 is 0 Å². The molecule has 2 aromatic carbocycles. The monoisotopic (exact) mass is 438 g/mol. The lowest BCUT2D eigenvalue weighted by molar-refractivity contribution is -0.120. The number of imide groups is 1. The van der Waals surface area contributed by atoms with Crippen molar-refractivity contribution in [3.05, 3.63) is 82.0 Å². The maximum absolute atomic E-state index is 12.8. The third-order valence-electron chi connectivity index (χ3n) is 4.39. The Labute approximate surface area is 181 Å². The Morgan fingerprint density at radius 1 is 1.03 bits per heavy atom. The van der Waals surface area contributed by atoms with Crippen molar-refractivity contribution in [1.82, 2.24) is 4.98 Å². The van der Waals surface area contributed by atoms with E-state index in [1.165, 1.54) is 11.3 Å². The van der Waals surface area contributed by atoms with Gasteiger partial charge in [-0.1, -0.05) is 29.3 Å². The number of carbonyl (C=O) groups is 3. The lowest BCUT2D eigenvalue weighted by atomic mass is 10.2. The second-order valence-electron chi connectivity index (χ2n) is 6.46. The maximum Gasteiger partial charge on any atom is 0.283 e. The lowest BCUT2D eigenvalue weighted by Gasteiger charge is -2.15. The van der Waals surface area contributed by atoms with Crippen molar-refractivity contribution in [2.75, 3.05) is 15.5 Å². The maximum atomic E-state index is 12.8. The number of nitrogens with one attached hydrogen (secondary N) is 2. The van der Waals surface area contributed by atoms with Crippen molar-refractivity contribution in [1.29, 1.82) is 0 Å². The SMILES string of the molecule is Cc1ccc(N2C(=O)C(Cl)=C(Nc3ccc(C(=O)Nc4nccs4)cc3)C2=O)cc1. The Bertz CT molecular complexity index is 1160. The van der Waals surface area contributed by atoms with Crippen LogP contribution in [-0.4, -0.2) is 22.7 Å². The fourth-order valence-corrected chi connectivity index (χ4v) is 3.58. The van der Waals surface area contributed by atoms with Gasteiger partial charge in [0.2, 0.25) is 0 Å². The zero-order valence-electron chi connectivity index (χ0n) is 15.7. The summed E-state index contributed by atoms with van der Waals surface area (Å²) in [5.74, 6) is -1.43. The van der Waals surface area contributed by atoms with E-state index in [9.17, 15) is 14.4 Å². The van der Waals surface area contributed by atoms with E-state index in [0.29, 0.717) is 22.1 Å². The van der Waals surface area contributed by atoms with Gasteiger partial charge in [0.1, 0.15) is 10.7 Å². The van der Waals surface area contributed by atoms with Gasteiger partial charge in [-0.15, -0.1) is 11.3 Å². The summed E-state index contributed by atoms with van der Waals surface area (Å²) in [4.78, 5) is 42.6. The van der Waals surface area contributed by atoms with Crippen molar-refractivity contribution in [3.63, 3.8) is 0 Å². The van der Waals surface area contributed by atoms with Gasteiger partial charge in [0.15, 0.2) is 5.13 Å². The van der Waals surface area contributed by atoms with Gasteiger partial charge in [-0.05, 0) is 43.3 Å². The molecule has 0 atom stereocenters. The number of thiazole rings is 1. The van der Waals surface area contributed by atoms with Gasteiger partial charge in [-0.2, -0.15) is 0 Å². The van der Waals surface area contributed by atoms with E-state index >= 15 is 0 Å². The molecular formula is C21H15ClN4O3S. The normalized spacial score (nSPS) is 13.7. The number of rotatable bonds is 5. The van der Waals surface area contributed by atoms with Crippen LogP contribution in [0.4, 0.5) is 16.5 Å². The Kier molecular flexibility index (Phi) is 5.35. The van der Waals surface area contributed by atoms with Gasteiger partial charge < -0.3 is 5.32 Å². The highest BCUT2D eigenvalue weighted by atomic mass is 35.5. The molecule has 7 nitrogen and oxygen atoms in total. The second-order valence-corrected chi connectivity index (χ2v) is 7.74. The van der Waals surface area contributed by atoms with Gasteiger partial charge in [0, 0.05) is 22.8 Å². The van der Waals surface area contributed by atoms with Crippen molar-refractivity contribution in [2.24, 2.45) is 0 Å². The molecule has 1 aliphatic rings. The molecule has 1 aromatic heterocycles. The molecule has 0 fully saturated rings. The first-order valence-electron chi connectivity index (χ1n) is 8.87. The van der Waals surface area contributed by atoms with Crippen molar-refractivity contribution in [2.45, 2.75) is 6.92 Å². The third-order valence-corrected chi connectivity index (χ3v) is 5.43. The van der Waals surface area contributed by atoms with Gasteiger partial charge in [0.25, 0.3) is 17.7 Å². The first-order chi connectivity index (χ1) is 14.4. The number of benzene rings is 2. The van der Waals surface area contributed by atoms with E-state index in [-0.39, 0.29) is 16.6 Å². The molecule has 150 valence electrons. The Morgan fingerprint density at radius 3 is 2.37 bits per heavy atom. The van der Waals surface area contributed by atoms with Crippen molar-refractivity contribution < 1.29 is 14.4 Å². The van der Waals surface area contributed by atoms with Gasteiger partial charge in [-0.25, -0.2) is 9.88 Å². The van der Waals surface area contributed by atoms with Crippen molar-refractivity contribution in [3.8, 4) is 0 Å². The molecule has 0 saturated heterocycles. The number of amides is 3. The highest BCUT2D eigenvalue weighted by Crippen LogP contribution is 2.30. The summed E-state index contributed by atoms with van der Waals surface area (Å²) < 4.78 is 0. The number of nitrogens with zero attached hydrogens (tertiary/aromatic N) is 2. The summed E-state index contributed by atoms with van der Waals surface area (Å²) in [5, 5.41) is 7.66. The molecule has 0 unspecified atom stereocenters. The molecule has 0 radical (unpaired) electrons. The van der Waals surface area contributed by atoms with Crippen LogP contribution in [0.3, 0.4) is 0 Å². The molecule has 0 aliphatic carbocycles. The number of carbonyl (C=O) groups excluding carboxylic acids is 3.